The number of fused-ring (bicyclic) bond motifs is 1. The van der Waals surface area contributed by atoms with E-state index in [0.29, 0.717) is 17.2 Å². The fraction of sp³-hybridized carbons (Fsp3) is 0.235. The zero-order chi connectivity index (χ0) is 17.6. The van der Waals surface area contributed by atoms with Gasteiger partial charge in [-0.25, -0.2) is 0 Å². The Balaban J connectivity index is 1.43. The predicted molar refractivity (Wildman–Crippen MR) is 87.7 cm³/mol. The third-order valence-corrected chi connectivity index (χ3v) is 3.56. The molecule has 0 fully saturated rings. The zero-order valence-corrected chi connectivity index (χ0v) is 13.3. The number of amides is 3. The van der Waals surface area contributed by atoms with Gasteiger partial charge in [-0.2, -0.15) is 0 Å². The molecule has 0 unspecified atom stereocenters. The summed E-state index contributed by atoms with van der Waals surface area (Å²) in [6, 6.07) is 10.4. The maximum atomic E-state index is 12.0. The van der Waals surface area contributed by atoms with Crippen LogP contribution in [0.3, 0.4) is 0 Å². The summed E-state index contributed by atoms with van der Waals surface area (Å²) in [4.78, 5) is 35.6. The van der Waals surface area contributed by atoms with Gasteiger partial charge in [0, 0.05) is 0 Å². The maximum Gasteiger partial charge on any atom is 0.266 e. The average molecular weight is 343 g/mol. The molecule has 1 atom stereocenters. The van der Waals surface area contributed by atoms with Crippen molar-refractivity contribution in [2.24, 2.45) is 0 Å². The summed E-state index contributed by atoms with van der Waals surface area (Å²) in [5.41, 5.74) is 0.571. The molecule has 0 spiro atoms. The van der Waals surface area contributed by atoms with Gasteiger partial charge in [-0.15, -0.1) is 0 Å². The number of anilines is 1. The SMILES string of the molecule is O=C(CNC(=O)C[C@H]1Oc2ccccc2NC1=O)NCc1ccco1. The van der Waals surface area contributed by atoms with Gasteiger partial charge in [0.1, 0.15) is 11.5 Å². The van der Waals surface area contributed by atoms with Crippen LogP contribution in [0, 0.1) is 0 Å². The number of hydrogen-bond donors (Lipinski definition) is 3. The predicted octanol–water partition coefficient (Wildman–Crippen LogP) is 0.802. The summed E-state index contributed by atoms with van der Waals surface area (Å²) in [6.45, 7) is 0.0527. The van der Waals surface area contributed by atoms with Crippen LogP contribution in [0.5, 0.6) is 5.75 Å². The van der Waals surface area contributed by atoms with Crippen LogP contribution < -0.4 is 20.7 Å². The molecule has 3 rings (SSSR count). The zero-order valence-electron chi connectivity index (χ0n) is 13.3. The quantitative estimate of drug-likeness (QED) is 0.719. The van der Waals surface area contributed by atoms with Gasteiger partial charge in [0.05, 0.1) is 31.5 Å². The minimum absolute atomic E-state index is 0.175. The number of para-hydroxylation sites is 2. The molecule has 3 amide bonds. The number of furan rings is 1. The van der Waals surface area contributed by atoms with E-state index in [9.17, 15) is 14.4 Å². The third kappa shape index (κ3) is 4.37. The van der Waals surface area contributed by atoms with Crippen LogP contribution in [-0.4, -0.2) is 30.4 Å². The number of carbonyl (C=O) groups is 3. The van der Waals surface area contributed by atoms with Crippen molar-refractivity contribution in [3.05, 3.63) is 48.4 Å². The van der Waals surface area contributed by atoms with E-state index >= 15 is 0 Å². The van der Waals surface area contributed by atoms with Gasteiger partial charge >= 0.3 is 0 Å². The van der Waals surface area contributed by atoms with Gasteiger partial charge in [0.2, 0.25) is 11.8 Å². The van der Waals surface area contributed by atoms with Crippen molar-refractivity contribution in [3.63, 3.8) is 0 Å². The van der Waals surface area contributed by atoms with Crippen LogP contribution >= 0.6 is 0 Å². The number of nitrogens with one attached hydrogen (secondary N) is 3. The van der Waals surface area contributed by atoms with Crippen molar-refractivity contribution >= 4 is 23.4 Å². The fourth-order valence-corrected chi connectivity index (χ4v) is 2.31. The van der Waals surface area contributed by atoms with Crippen LogP contribution in [0.1, 0.15) is 12.2 Å². The molecule has 1 aromatic carbocycles. The second-order valence-electron chi connectivity index (χ2n) is 5.43. The van der Waals surface area contributed by atoms with Crippen molar-refractivity contribution in [2.45, 2.75) is 19.1 Å². The normalized spacial score (nSPS) is 15.5. The van der Waals surface area contributed by atoms with Gasteiger partial charge in [0.15, 0.2) is 6.10 Å². The Kier molecular flexibility index (Phi) is 4.98. The van der Waals surface area contributed by atoms with Crippen molar-refractivity contribution < 1.29 is 23.5 Å². The van der Waals surface area contributed by atoms with Gasteiger partial charge in [-0.3, -0.25) is 14.4 Å². The molecule has 8 heteroatoms. The molecule has 0 bridgehead atoms. The van der Waals surface area contributed by atoms with Crippen molar-refractivity contribution in [2.75, 3.05) is 11.9 Å². The van der Waals surface area contributed by atoms with Crippen LogP contribution in [0.2, 0.25) is 0 Å². The number of benzene rings is 1. The highest BCUT2D eigenvalue weighted by molar-refractivity contribution is 6.00. The Labute approximate surface area is 143 Å². The standard InChI is InChI=1S/C17H17N3O5/c21-15(19-10-16(22)18-9-11-4-3-7-24-11)8-14-17(23)20-12-5-1-2-6-13(12)25-14/h1-7,14H,8-10H2,(H,18,22)(H,19,21)(H,20,23)/t14-/m1/s1. The fourth-order valence-electron chi connectivity index (χ4n) is 2.31. The molecule has 130 valence electrons. The van der Waals surface area contributed by atoms with Gasteiger partial charge in [0.25, 0.3) is 5.91 Å². The highest BCUT2D eigenvalue weighted by Crippen LogP contribution is 2.29. The van der Waals surface area contributed by atoms with Crippen LogP contribution in [0.15, 0.2) is 47.1 Å². The van der Waals surface area contributed by atoms with E-state index in [-0.39, 0.29) is 25.4 Å². The van der Waals surface area contributed by atoms with Crippen LogP contribution in [0.25, 0.3) is 0 Å². The summed E-state index contributed by atoms with van der Waals surface area (Å²) in [5.74, 6) is -0.0744. The smallest absolute Gasteiger partial charge is 0.266 e. The monoisotopic (exact) mass is 343 g/mol. The minimum atomic E-state index is -0.930. The molecule has 2 aromatic rings. The molecule has 0 radical (unpaired) electrons. The van der Waals surface area contributed by atoms with E-state index in [2.05, 4.69) is 16.0 Å². The Bertz CT molecular complexity index is 772. The molecule has 8 nitrogen and oxygen atoms in total. The lowest BCUT2D eigenvalue weighted by molar-refractivity contribution is -0.131. The first-order valence-electron chi connectivity index (χ1n) is 7.74. The summed E-state index contributed by atoms with van der Waals surface area (Å²) in [6.07, 6.45) is 0.406. The van der Waals surface area contributed by atoms with Crippen LogP contribution in [-0.2, 0) is 20.9 Å². The molecule has 0 aliphatic carbocycles. The summed E-state index contributed by atoms with van der Waals surface area (Å²) < 4.78 is 10.6. The maximum absolute atomic E-state index is 12.0. The number of ether oxygens (including phenoxy) is 1. The second kappa shape index (κ2) is 7.52. The first kappa shape index (κ1) is 16.6. The lowest BCUT2D eigenvalue weighted by Crippen LogP contribution is -2.43. The molecule has 3 N–H and O–H groups in total. The molecular formula is C17H17N3O5. The summed E-state index contributed by atoms with van der Waals surface area (Å²) in [5, 5.41) is 7.75. The van der Waals surface area contributed by atoms with Gasteiger partial charge < -0.3 is 25.1 Å². The molecule has 1 aromatic heterocycles. The van der Waals surface area contributed by atoms with E-state index in [1.54, 1.807) is 36.4 Å². The van der Waals surface area contributed by atoms with E-state index in [0.717, 1.165) is 0 Å². The largest absolute Gasteiger partial charge is 0.478 e. The van der Waals surface area contributed by atoms with E-state index in [4.69, 9.17) is 9.15 Å². The Morgan fingerprint density at radius 3 is 2.72 bits per heavy atom. The van der Waals surface area contributed by atoms with Crippen LogP contribution in [0.4, 0.5) is 5.69 Å². The van der Waals surface area contributed by atoms with E-state index in [1.165, 1.54) is 6.26 Å². The van der Waals surface area contributed by atoms with Crippen molar-refractivity contribution in [3.8, 4) is 5.75 Å². The molecule has 2 heterocycles. The second-order valence-corrected chi connectivity index (χ2v) is 5.43. The summed E-state index contributed by atoms with van der Waals surface area (Å²) in [7, 11) is 0. The molecule has 1 aliphatic rings. The highest BCUT2D eigenvalue weighted by atomic mass is 16.5. The Hall–Kier alpha value is -3.29. The lowest BCUT2D eigenvalue weighted by Gasteiger charge is -2.25. The first-order chi connectivity index (χ1) is 12.1. The molecule has 1 aliphatic heterocycles. The van der Waals surface area contributed by atoms with Crippen molar-refractivity contribution in [1.29, 1.82) is 0 Å². The topological polar surface area (TPSA) is 110 Å². The lowest BCUT2D eigenvalue weighted by atomic mass is 10.1. The Morgan fingerprint density at radius 1 is 1.08 bits per heavy atom. The molecular weight excluding hydrogens is 326 g/mol. The minimum Gasteiger partial charge on any atom is -0.478 e. The third-order valence-electron chi connectivity index (χ3n) is 3.56. The highest BCUT2D eigenvalue weighted by Gasteiger charge is 2.29. The number of hydrogen-bond acceptors (Lipinski definition) is 5. The number of rotatable bonds is 6. The average Bonchev–Trinajstić information content (AvgIpc) is 3.12. The van der Waals surface area contributed by atoms with Crippen molar-refractivity contribution in [1.82, 2.24) is 10.6 Å². The van der Waals surface area contributed by atoms with E-state index in [1.807, 2.05) is 0 Å². The Morgan fingerprint density at radius 2 is 1.92 bits per heavy atom. The molecule has 0 saturated heterocycles. The molecule has 0 saturated carbocycles. The first-order valence-corrected chi connectivity index (χ1v) is 7.74. The summed E-state index contributed by atoms with van der Waals surface area (Å²) >= 11 is 0. The number of carbonyl (C=O) groups excluding carboxylic acids is 3. The van der Waals surface area contributed by atoms with E-state index < -0.39 is 17.9 Å². The molecule has 25 heavy (non-hydrogen) atoms. The van der Waals surface area contributed by atoms with Gasteiger partial charge in [-0.1, -0.05) is 12.1 Å². The van der Waals surface area contributed by atoms with Gasteiger partial charge in [-0.05, 0) is 24.3 Å².